The summed E-state index contributed by atoms with van der Waals surface area (Å²) in [6.45, 7) is 1.29. The molecule has 0 aromatic heterocycles. The molecule has 6 heteroatoms. The number of anilines is 1. The fourth-order valence-electron chi connectivity index (χ4n) is 1.79. The van der Waals surface area contributed by atoms with Crippen molar-refractivity contribution >= 4 is 34.8 Å². The van der Waals surface area contributed by atoms with Crippen molar-refractivity contribution in [1.29, 1.82) is 0 Å². The number of nitrogens with one attached hydrogen (secondary N) is 1. The van der Waals surface area contributed by atoms with Gasteiger partial charge in [-0.05, 0) is 43.3 Å². The predicted molar refractivity (Wildman–Crippen MR) is 81.1 cm³/mol. The summed E-state index contributed by atoms with van der Waals surface area (Å²) in [4.78, 5) is 12.2. The van der Waals surface area contributed by atoms with Crippen molar-refractivity contribution in [1.82, 2.24) is 0 Å². The van der Waals surface area contributed by atoms with Crippen LogP contribution >= 0.6 is 23.2 Å². The molecule has 2 aromatic carbocycles. The third-order valence-corrected chi connectivity index (χ3v) is 3.56. The number of halogens is 3. The highest BCUT2D eigenvalue weighted by Crippen LogP contribution is 2.30. The number of benzene rings is 2. The van der Waals surface area contributed by atoms with E-state index in [1.165, 1.54) is 13.0 Å². The van der Waals surface area contributed by atoms with Crippen LogP contribution in [0.4, 0.5) is 10.1 Å². The Hall–Kier alpha value is -1.62. The van der Waals surface area contributed by atoms with Crippen molar-refractivity contribution in [2.24, 2.45) is 0 Å². The minimum atomic E-state index is -1.90. The lowest BCUT2D eigenvalue weighted by Gasteiger charge is -2.24. The van der Waals surface area contributed by atoms with Crippen molar-refractivity contribution in [2.45, 2.75) is 12.5 Å². The van der Waals surface area contributed by atoms with Crippen molar-refractivity contribution in [3.8, 4) is 0 Å². The van der Waals surface area contributed by atoms with E-state index in [0.29, 0.717) is 10.7 Å². The lowest BCUT2D eigenvalue weighted by Crippen LogP contribution is -2.37. The number of hydrogen-bond donors (Lipinski definition) is 2. The summed E-state index contributed by atoms with van der Waals surface area (Å²) in [5.41, 5.74) is -1.30. The van der Waals surface area contributed by atoms with Crippen LogP contribution in [-0.2, 0) is 10.4 Å². The zero-order valence-corrected chi connectivity index (χ0v) is 12.5. The molecular formula is C15H12Cl2FNO2. The first-order valence-electron chi connectivity index (χ1n) is 6.05. The van der Waals surface area contributed by atoms with Crippen LogP contribution in [0.2, 0.25) is 10.0 Å². The molecule has 1 atom stereocenters. The normalized spacial score (nSPS) is 13.6. The van der Waals surface area contributed by atoms with Crippen molar-refractivity contribution in [3.63, 3.8) is 0 Å². The Kier molecular flexibility index (Phi) is 4.52. The lowest BCUT2D eigenvalue weighted by molar-refractivity contribution is -0.133. The Balaban J connectivity index is 2.25. The maximum Gasteiger partial charge on any atom is 0.260 e. The maximum absolute atomic E-state index is 13.0. The minimum absolute atomic E-state index is 0.0220. The highest BCUT2D eigenvalue weighted by molar-refractivity contribution is 6.32. The quantitative estimate of drug-likeness (QED) is 0.895. The second kappa shape index (κ2) is 6.02. The number of amides is 1. The van der Waals surface area contributed by atoms with E-state index in [4.69, 9.17) is 23.2 Å². The number of rotatable bonds is 3. The largest absolute Gasteiger partial charge is 0.375 e. The topological polar surface area (TPSA) is 49.3 Å². The molecule has 0 aliphatic heterocycles. The van der Waals surface area contributed by atoms with Crippen molar-refractivity contribution in [3.05, 3.63) is 63.9 Å². The first-order chi connectivity index (χ1) is 9.80. The van der Waals surface area contributed by atoms with E-state index < -0.39 is 17.3 Å². The average molecular weight is 328 g/mol. The van der Waals surface area contributed by atoms with Gasteiger partial charge in [0, 0.05) is 16.3 Å². The number of hydrogen-bond acceptors (Lipinski definition) is 2. The van der Waals surface area contributed by atoms with Crippen LogP contribution in [0, 0.1) is 5.82 Å². The SMILES string of the molecule is CC(O)(C(=O)Nc1ccc(Cl)cc1)c1ccc(F)cc1Cl. The van der Waals surface area contributed by atoms with Gasteiger partial charge in [-0.25, -0.2) is 4.39 Å². The molecule has 2 aromatic rings. The van der Waals surface area contributed by atoms with Crippen molar-refractivity contribution < 1.29 is 14.3 Å². The van der Waals surface area contributed by atoms with E-state index in [2.05, 4.69) is 5.32 Å². The predicted octanol–water partition coefficient (Wildman–Crippen LogP) is 3.98. The van der Waals surface area contributed by atoms with Crippen LogP contribution in [0.1, 0.15) is 12.5 Å². The van der Waals surface area contributed by atoms with Gasteiger partial charge in [0.1, 0.15) is 5.82 Å². The van der Waals surface area contributed by atoms with Gasteiger partial charge < -0.3 is 10.4 Å². The molecular weight excluding hydrogens is 316 g/mol. The molecule has 110 valence electrons. The Bertz CT molecular complexity index is 672. The van der Waals surface area contributed by atoms with Gasteiger partial charge in [-0.2, -0.15) is 0 Å². The van der Waals surface area contributed by atoms with E-state index in [1.54, 1.807) is 24.3 Å². The summed E-state index contributed by atoms with van der Waals surface area (Å²) < 4.78 is 13.0. The highest BCUT2D eigenvalue weighted by atomic mass is 35.5. The molecule has 0 fully saturated rings. The maximum atomic E-state index is 13.0. The Morgan fingerprint density at radius 1 is 1.19 bits per heavy atom. The molecule has 0 saturated carbocycles. The summed E-state index contributed by atoms with van der Waals surface area (Å²) in [5.74, 6) is -1.23. The first kappa shape index (κ1) is 15.8. The molecule has 0 spiro atoms. The summed E-state index contributed by atoms with van der Waals surface area (Å²) in [6.07, 6.45) is 0. The fourth-order valence-corrected chi connectivity index (χ4v) is 2.27. The lowest BCUT2D eigenvalue weighted by atomic mass is 9.94. The van der Waals surface area contributed by atoms with Crippen LogP contribution in [-0.4, -0.2) is 11.0 Å². The Labute approximate surface area is 131 Å². The van der Waals surface area contributed by atoms with Gasteiger partial charge in [-0.1, -0.05) is 29.3 Å². The Morgan fingerprint density at radius 3 is 2.38 bits per heavy atom. The molecule has 0 bridgehead atoms. The van der Waals surface area contributed by atoms with Crippen LogP contribution in [0.3, 0.4) is 0 Å². The summed E-state index contributed by atoms with van der Waals surface area (Å²) >= 11 is 11.6. The van der Waals surface area contributed by atoms with Crippen LogP contribution in [0.5, 0.6) is 0 Å². The first-order valence-corrected chi connectivity index (χ1v) is 6.81. The monoisotopic (exact) mass is 327 g/mol. The van der Waals surface area contributed by atoms with Gasteiger partial charge in [0.15, 0.2) is 5.60 Å². The second-order valence-electron chi connectivity index (χ2n) is 4.66. The highest BCUT2D eigenvalue weighted by Gasteiger charge is 2.34. The fraction of sp³-hybridized carbons (Fsp3) is 0.133. The average Bonchev–Trinajstić information content (AvgIpc) is 2.40. The van der Waals surface area contributed by atoms with E-state index in [0.717, 1.165) is 12.1 Å². The molecule has 0 aliphatic rings. The second-order valence-corrected chi connectivity index (χ2v) is 5.50. The summed E-state index contributed by atoms with van der Waals surface area (Å²) in [7, 11) is 0. The van der Waals surface area contributed by atoms with Gasteiger partial charge >= 0.3 is 0 Å². The number of carbonyl (C=O) groups is 1. The van der Waals surface area contributed by atoms with Gasteiger partial charge in [-0.15, -0.1) is 0 Å². The molecule has 1 amide bonds. The molecule has 0 aliphatic carbocycles. The zero-order chi connectivity index (χ0) is 15.6. The van der Waals surface area contributed by atoms with Gasteiger partial charge in [-0.3, -0.25) is 4.79 Å². The number of aliphatic hydroxyl groups is 1. The minimum Gasteiger partial charge on any atom is -0.375 e. The molecule has 0 radical (unpaired) electrons. The standard InChI is InChI=1S/C15H12Cl2FNO2/c1-15(21,12-7-4-10(18)8-13(12)17)14(20)19-11-5-2-9(16)3-6-11/h2-8,21H,1H3,(H,19,20). The third kappa shape index (κ3) is 3.53. The molecule has 2 rings (SSSR count). The summed E-state index contributed by atoms with van der Waals surface area (Å²) in [6, 6.07) is 9.87. The van der Waals surface area contributed by atoms with Gasteiger partial charge in [0.25, 0.3) is 5.91 Å². The molecule has 0 heterocycles. The Morgan fingerprint density at radius 2 is 1.81 bits per heavy atom. The molecule has 1 unspecified atom stereocenters. The molecule has 21 heavy (non-hydrogen) atoms. The van der Waals surface area contributed by atoms with Crippen molar-refractivity contribution in [2.75, 3.05) is 5.32 Å². The van der Waals surface area contributed by atoms with Gasteiger partial charge in [0.2, 0.25) is 0 Å². The van der Waals surface area contributed by atoms with Gasteiger partial charge in [0.05, 0.1) is 5.02 Å². The number of carbonyl (C=O) groups excluding carboxylic acids is 1. The zero-order valence-electron chi connectivity index (χ0n) is 11.0. The van der Waals surface area contributed by atoms with Crippen LogP contribution < -0.4 is 5.32 Å². The van der Waals surface area contributed by atoms with Crippen LogP contribution in [0.25, 0.3) is 0 Å². The molecule has 3 nitrogen and oxygen atoms in total. The molecule has 2 N–H and O–H groups in total. The van der Waals surface area contributed by atoms with E-state index >= 15 is 0 Å². The third-order valence-electron chi connectivity index (χ3n) is 3.00. The smallest absolute Gasteiger partial charge is 0.260 e. The van der Waals surface area contributed by atoms with E-state index in [-0.39, 0.29) is 10.6 Å². The van der Waals surface area contributed by atoms with E-state index in [9.17, 15) is 14.3 Å². The summed E-state index contributed by atoms with van der Waals surface area (Å²) in [5, 5.41) is 13.5. The van der Waals surface area contributed by atoms with Crippen LogP contribution in [0.15, 0.2) is 42.5 Å². The van der Waals surface area contributed by atoms with E-state index in [1.807, 2.05) is 0 Å². The molecule has 0 saturated heterocycles.